The minimum absolute atomic E-state index is 0.236. The Bertz CT molecular complexity index is 785. The van der Waals surface area contributed by atoms with Crippen molar-refractivity contribution in [3.63, 3.8) is 0 Å². The molecule has 5 atom stereocenters. The van der Waals surface area contributed by atoms with Crippen molar-refractivity contribution in [2.45, 2.75) is 55.5 Å². The monoisotopic (exact) mass is 423 g/mol. The van der Waals surface area contributed by atoms with Crippen molar-refractivity contribution in [1.82, 2.24) is 0 Å². The van der Waals surface area contributed by atoms with Crippen LogP contribution in [0.4, 0.5) is 0 Å². The van der Waals surface area contributed by atoms with Crippen molar-refractivity contribution in [2.75, 3.05) is 6.61 Å². The summed E-state index contributed by atoms with van der Waals surface area (Å²) < 4.78 is 21.7. The first-order valence-electron chi connectivity index (χ1n) is 8.71. The minimum atomic E-state index is -1.13. The molecule has 0 aliphatic carbocycles. The second-order valence-electron chi connectivity index (χ2n) is 6.12. The van der Waals surface area contributed by atoms with Gasteiger partial charge in [0.1, 0.15) is 24.2 Å². The molecule has 2 rings (SSSR count). The molecule has 1 heterocycles. The minimum Gasteiger partial charge on any atom is -0.463 e. The number of carbonyl (C=O) groups excluding carboxylic acids is 3. The molecule has 1 saturated heterocycles. The Labute approximate surface area is 171 Å². The van der Waals surface area contributed by atoms with E-state index in [9.17, 15) is 14.4 Å². The summed E-state index contributed by atoms with van der Waals surface area (Å²) in [5.41, 5.74) is 8.25. The SMILES string of the molecule is CC(=O)OC[C@H]1O[C@H](Sc2ccccc2)[C@H](N=[N+]=[N-])[C@@H](OC(C)=O)[C@@H]1OC(C)=O. The maximum Gasteiger partial charge on any atom is 0.303 e. The van der Waals surface area contributed by atoms with Crippen molar-refractivity contribution in [3.05, 3.63) is 40.8 Å². The van der Waals surface area contributed by atoms with Gasteiger partial charge in [0.05, 0.1) is 0 Å². The molecule has 1 fully saturated rings. The molecule has 0 spiro atoms. The average Bonchev–Trinajstić information content (AvgIpc) is 2.65. The van der Waals surface area contributed by atoms with Gasteiger partial charge in [-0.1, -0.05) is 35.1 Å². The van der Waals surface area contributed by atoms with E-state index in [0.29, 0.717) is 0 Å². The van der Waals surface area contributed by atoms with Gasteiger partial charge >= 0.3 is 17.9 Å². The van der Waals surface area contributed by atoms with E-state index in [4.69, 9.17) is 24.5 Å². The molecule has 10 nitrogen and oxygen atoms in total. The Morgan fingerprint density at radius 1 is 1.07 bits per heavy atom. The van der Waals surface area contributed by atoms with Crippen LogP contribution in [-0.4, -0.2) is 54.3 Å². The van der Waals surface area contributed by atoms with Crippen molar-refractivity contribution in [1.29, 1.82) is 0 Å². The number of hydrogen-bond donors (Lipinski definition) is 0. The zero-order valence-electron chi connectivity index (χ0n) is 16.1. The van der Waals surface area contributed by atoms with Gasteiger partial charge in [0.25, 0.3) is 0 Å². The molecule has 0 saturated carbocycles. The molecule has 1 aliphatic rings. The summed E-state index contributed by atoms with van der Waals surface area (Å²) in [7, 11) is 0. The van der Waals surface area contributed by atoms with Crippen LogP contribution in [0, 0.1) is 0 Å². The first kappa shape index (κ1) is 22.5. The number of azide groups is 1. The topological polar surface area (TPSA) is 137 Å². The van der Waals surface area contributed by atoms with E-state index in [2.05, 4.69) is 10.0 Å². The van der Waals surface area contributed by atoms with Gasteiger partial charge in [-0.15, -0.1) is 0 Å². The van der Waals surface area contributed by atoms with E-state index >= 15 is 0 Å². The highest BCUT2D eigenvalue weighted by Crippen LogP contribution is 2.37. The zero-order valence-corrected chi connectivity index (χ0v) is 16.9. The van der Waals surface area contributed by atoms with Gasteiger partial charge in [0.2, 0.25) is 0 Å². The molecule has 156 valence electrons. The Morgan fingerprint density at radius 2 is 1.69 bits per heavy atom. The maximum absolute atomic E-state index is 11.7. The number of rotatable bonds is 7. The molecule has 0 unspecified atom stereocenters. The van der Waals surface area contributed by atoms with Crippen LogP contribution in [0.15, 0.2) is 40.3 Å². The molecule has 0 bridgehead atoms. The van der Waals surface area contributed by atoms with Crippen LogP contribution in [0.1, 0.15) is 20.8 Å². The van der Waals surface area contributed by atoms with Crippen molar-refractivity contribution in [3.8, 4) is 0 Å². The summed E-state index contributed by atoms with van der Waals surface area (Å²) in [6, 6.07) is 8.18. The summed E-state index contributed by atoms with van der Waals surface area (Å²) in [5, 5.41) is 3.74. The number of thioether (sulfide) groups is 1. The quantitative estimate of drug-likeness (QED) is 0.214. The van der Waals surface area contributed by atoms with Crippen LogP contribution in [-0.2, 0) is 33.3 Å². The van der Waals surface area contributed by atoms with Crippen molar-refractivity contribution >= 4 is 29.7 Å². The first-order valence-corrected chi connectivity index (χ1v) is 9.59. The van der Waals surface area contributed by atoms with Crippen LogP contribution in [0.25, 0.3) is 10.4 Å². The van der Waals surface area contributed by atoms with E-state index in [1.54, 1.807) is 0 Å². The lowest BCUT2D eigenvalue weighted by Gasteiger charge is -2.43. The highest BCUT2D eigenvalue weighted by atomic mass is 32.2. The maximum atomic E-state index is 11.7. The fraction of sp³-hybridized carbons (Fsp3) is 0.500. The predicted molar refractivity (Wildman–Crippen MR) is 102 cm³/mol. The van der Waals surface area contributed by atoms with Gasteiger partial charge in [0, 0.05) is 30.6 Å². The second-order valence-corrected chi connectivity index (χ2v) is 7.29. The normalized spacial score (nSPS) is 26.0. The fourth-order valence-electron chi connectivity index (χ4n) is 2.80. The first-order chi connectivity index (χ1) is 13.8. The van der Waals surface area contributed by atoms with Crippen molar-refractivity contribution < 1.29 is 33.3 Å². The van der Waals surface area contributed by atoms with E-state index in [0.717, 1.165) is 4.90 Å². The molecule has 11 heteroatoms. The summed E-state index contributed by atoms with van der Waals surface area (Å²) in [5.74, 6) is -1.86. The Morgan fingerprint density at radius 3 is 2.24 bits per heavy atom. The van der Waals surface area contributed by atoms with E-state index in [1.165, 1.54) is 32.5 Å². The molecular formula is C18H21N3O7S. The predicted octanol–water partition coefficient (Wildman–Crippen LogP) is 2.61. The molecule has 0 aromatic heterocycles. The highest BCUT2D eigenvalue weighted by Gasteiger charge is 2.50. The van der Waals surface area contributed by atoms with Crippen LogP contribution in [0.3, 0.4) is 0 Å². The van der Waals surface area contributed by atoms with Gasteiger partial charge in [-0.05, 0) is 17.7 Å². The average molecular weight is 423 g/mol. The largest absolute Gasteiger partial charge is 0.463 e. The lowest BCUT2D eigenvalue weighted by atomic mass is 9.98. The Hall–Kier alpha value is -2.75. The van der Waals surface area contributed by atoms with Crippen LogP contribution in [0.5, 0.6) is 0 Å². The Kier molecular flexibility index (Phi) is 8.32. The summed E-state index contributed by atoms with van der Waals surface area (Å²) >= 11 is 1.24. The number of ether oxygens (including phenoxy) is 4. The van der Waals surface area contributed by atoms with Crippen LogP contribution < -0.4 is 0 Å². The van der Waals surface area contributed by atoms with E-state index < -0.39 is 47.7 Å². The van der Waals surface area contributed by atoms with Gasteiger partial charge in [0.15, 0.2) is 12.2 Å². The number of carbonyl (C=O) groups is 3. The second kappa shape index (κ2) is 10.7. The third-order valence-electron chi connectivity index (χ3n) is 3.85. The summed E-state index contributed by atoms with van der Waals surface area (Å²) in [6.45, 7) is 3.36. The smallest absolute Gasteiger partial charge is 0.303 e. The van der Waals surface area contributed by atoms with E-state index in [1.807, 2.05) is 30.3 Å². The van der Waals surface area contributed by atoms with Gasteiger partial charge in [-0.3, -0.25) is 14.4 Å². The number of hydrogen-bond acceptors (Lipinski definition) is 9. The molecule has 0 N–H and O–H groups in total. The van der Waals surface area contributed by atoms with Crippen molar-refractivity contribution in [2.24, 2.45) is 5.11 Å². The lowest BCUT2D eigenvalue weighted by Crippen LogP contribution is -2.59. The molecule has 1 aliphatic heterocycles. The summed E-state index contributed by atoms with van der Waals surface area (Å²) in [6.07, 6.45) is -3.18. The number of benzene rings is 1. The highest BCUT2D eigenvalue weighted by molar-refractivity contribution is 7.99. The van der Waals surface area contributed by atoms with Crippen LogP contribution >= 0.6 is 11.8 Å². The molecule has 1 aromatic carbocycles. The number of esters is 3. The number of nitrogens with zero attached hydrogens (tertiary/aromatic N) is 3. The Balaban J connectivity index is 2.41. The van der Waals surface area contributed by atoms with E-state index in [-0.39, 0.29) is 6.61 Å². The molecule has 0 amide bonds. The molecule has 29 heavy (non-hydrogen) atoms. The third-order valence-corrected chi connectivity index (χ3v) is 5.02. The van der Waals surface area contributed by atoms with Gasteiger partial charge in [-0.2, -0.15) is 0 Å². The standard InChI is InChI=1S/C18H21N3O7S/c1-10(22)25-9-14-16(26-11(2)23)17(27-12(3)24)15(20-21-19)18(28-14)29-13-7-5-4-6-8-13/h4-8,14-18H,9H2,1-3H3/t14-,15-,16-,17-,18-/m1/s1. The molecule has 1 aromatic rings. The van der Waals surface area contributed by atoms with Gasteiger partial charge < -0.3 is 18.9 Å². The van der Waals surface area contributed by atoms with Crippen LogP contribution in [0.2, 0.25) is 0 Å². The summed E-state index contributed by atoms with van der Waals surface area (Å²) in [4.78, 5) is 38.3. The third kappa shape index (κ3) is 6.67. The lowest BCUT2D eigenvalue weighted by molar-refractivity contribution is -0.208. The zero-order chi connectivity index (χ0) is 21.4. The van der Waals surface area contributed by atoms with Gasteiger partial charge in [-0.25, -0.2) is 0 Å². The molecule has 0 radical (unpaired) electrons. The fourth-order valence-corrected chi connectivity index (χ4v) is 3.93. The molecular weight excluding hydrogens is 402 g/mol.